The summed E-state index contributed by atoms with van der Waals surface area (Å²) in [7, 11) is 1.69. The molecule has 1 saturated heterocycles. The molecule has 0 spiro atoms. The van der Waals surface area contributed by atoms with Crippen molar-refractivity contribution in [3.05, 3.63) is 24.3 Å². The summed E-state index contributed by atoms with van der Waals surface area (Å²) in [5.74, 6) is 0.686. The molecule has 0 bridgehead atoms. The third-order valence-corrected chi connectivity index (χ3v) is 3.69. The number of hydrogen-bond donors (Lipinski definition) is 1. The van der Waals surface area contributed by atoms with Crippen LogP contribution >= 0.6 is 12.4 Å². The normalized spacial score (nSPS) is 15.4. The van der Waals surface area contributed by atoms with Crippen molar-refractivity contribution < 1.29 is 9.53 Å². The Hall–Kier alpha value is -1.46. The second-order valence-corrected chi connectivity index (χ2v) is 5.10. The average Bonchev–Trinajstić information content (AvgIpc) is 2.48. The zero-order valence-electron chi connectivity index (χ0n) is 12.5. The summed E-state index contributed by atoms with van der Waals surface area (Å²) < 4.78 is 5.26. The Morgan fingerprint density at radius 1 is 1.29 bits per heavy atom. The summed E-state index contributed by atoms with van der Waals surface area (Å²) in [4.78, 5) is 15.5. The number of carbonyl (C=O) groups excluding carboxylic acids is 1. The number of benzene rings is 1. The van der Waals surface area contributed by atoms with Crippen molar-refractivity contribution in [3.8, 4) is 5.75 Å². The van der Waals surface area contributed by atoms with Gasteiger partial charge in [-0.05, 0) is 25.1 Å². The lowest BCUT2D eigenvalue weighted by molar-refractivity contribution is -0.118. The molecule has 0 atom stereocenters. The number of primary amides is 1. The maximum atomic E-state index is 10.7. The molecule has 0 aliphatic carbocycles. The van der Waals surface area contributed by atoms with E-state index >= 15 is 0 Å². The molecule has 0 aromatic heterocycles. The highest BCUT2D eigenvalue weighted by Crippen LogP contribution is 2.22. The Balaban J connectivity index is 0.00000220. The zero-order valence-corrected chi connectivity index (χ0v) is 13.3. The van der Waals surface area contributed by atoms with Gasteiger partial charge in [-0.15, -0.1) is 12.4 Å². The highest BCUT2D eigenvalue weighted by atomic mass is 35.5. The van der Waals surface area contributed by atoms with Gasteiger partial charge in [0.2, 0.25) is 5.91 Å². The van der Waals surface area contributed by atoms with Crippen LogP contribution in [-0.4, -0.2) is 50.6 Å². The van der Waals surface area contributed by atoms with Gasteiger partial charge in [0, 0.05) is 44.4 Å². The first kappa shape index (κ1) is 17.6. The molecule has 1 fully saturated rings. The minimum atomic E-state index is -0.208. The molecule has 0 radical (unpaired) electrons. The van der Waals surface area contributed by atoms with E-state index < -0.39 is 0 Å². The van der Waals surface area contributed by atoms with E-state index in [1.165, 1.54) is 5.69 Å². The van der Waals surface area contributed by atoms with E-state index in [0.29, 0.717) is 6.42 Å². The molecular weight excluding hydrogens is 290 g/mol. The van der Waals surface area contributed by atoms with Crippen molar-refractivity contribution in [3.63, 3.8) is 0 Å². The molecule has 21 heavy (non-hydrogen) atoms. The van der Waals surface area contributed by atoms with E-state index in [4.69, 9.17) is 10.5 Å². The van der Waals surface area contributed by atoms with Gasteiger partial charge in [-0.1, -0.05) is 6.07 Å². The summed E-state index contributed by atoms with van der Waals surface area (Å²) >= 11 is 0. The van der Waals surface area contributed by atoms with Gasteiger partial charge in [0.05, 0.1) is 7.11 Å². The molecule has 118 valence electrons. The van der Waals surface area contributed by atoms with Crippen LogP contribution < -0.4 is 15.4 Å². The average molecular weight is 314 g/mol. The molecule has 5 nitrogen and oxygen atoms in total. The third kappa shape index (κ3) is 5.44. The fourth-order valence-corrected chi connectivity index (χ4v) is 2.51. The number of rotatable bonds is 6. The molecule has 1 amide bonds. The van der Waals surface area contributed by atoms with Crippen molar-refractivity contribution in [2.75, 3.05) is 44.7 Å². The van der Waals surface area contributed by atoms with Gasteiger partial charge in [0.1, 0.15) is 5.75 Å². The first-order valence-corrected chi connectivity index (χ1v) is 7.08. The summed E-state index contributed by atoms with van der Waals surface area (Å²) in [6, 6.07) is 8.17. The molecule has 6 heteroatoms. The molecule has 1 heterocycles. The fourth-order valence-electron chi connectivity index (χ4n) is 2.51. The van der Waals surface area contributed by atoms with E-state index in [0.717, 1.165) is 44.9 Å². The van der Waals surface area contributed by atoms with Gasteiger partial charge in [-0.25, -0.2) is 0 Å². The monoisotopic (exact) mass is 313 g/mol. The summed E-state index contributed by atoms with van der Waals surface area (Å²) in [5.41, 5.74) is 6.37. The lowest BCUT2D eigenvalue weighted by Gasteiger charge is -2.36. The van der Waals surface area contributed by atoms with E-state index in [9.17, 15) is 4.79 Å². The Labute approximate surface area is 132 Å². The van der Waals surface area contributed by atoms with Crippen LogP contribution in [0.2, 0.25) is 0 Å². The van der Waals surface area contributed by atoms with Crippen LogP contribution in [0.15, 0.2) is 24.3 Å². The number of nitrogens with zero attached hydrogens (tertiary/aromatic N) is 2. The van der Waals surface area contributed by atoms with E-state index in [1.54, 1.807) is 7.11 Å². The van der Waals surface area contributed by atoms with Gasteiger partial charge in [0.15, 0.2) is 0 Å². The Bertz CT molecular complexity index is 448. The third-order valence-electron chi connectivity index (χ3n) is 3.69. The number of halogens is 1. The SMILES string of the molecule is COc1cccc(N2CCN(CCCC(N)=O)CC2)c1.Cl. The smallest absolute Gasteiger partial charge is 0.217 e. The van der Waals surface area contributed by atoms with Gasteiger partial charge >= 0.3 is 0 Å². The van der Waals surface area contributed by atoms with Gasteiger partial charge in [-0.2, -0.15) is 0 Å². The van der Waals surface area contributed by atoms with Crippen LogP contribution in [-0.2, 0) is 4.79 Å². The first-order chi connectivity index (χ1) is 9.69. The molecule has 1 aromatic carbocycles. The summed E-state index contributed by atoms with van der Waals surface area (Å²) in [5, 5.41) is 0. The molecule has 0 unspecified atom stereocenters. The second-order valence-electron chi connectivity index (χ2n) is 5.10. The predicted molar refractivity (Wildman–Crippen MR) is 87.3 cm³/mol. The summed E-state index contributed by atoms with van der Waals surface area (Å²) in [6.07, 6.45) is 1.34. The maximum absolute atomic E-state index is 10.7. The van der Waals surface area contributed by atoms with E-state index in [-0.39, 0.29) is 18.3 Å². The maximum Gasteiger partial charge on any atom is 0.217 e. The van der Waals surface area contributed by atoms with Crippen molar-refractivity contribution in [1.82, 2.24) is 4.90 Å². The highest BCUT2D eigenvalue weighted by Gasteiger charge is 2.17. The largest absolute Gasteiger partial charge is 0.497 e. The van der Waals surface area contributed by atoms with Crippen molar-refractivity contribution in [2.24, 2.45) is 5.73 Å². The fraction of sp³-hybridized carbons (Fsp3) is 0.533. The van der Waals surface area contributed by atoms with Crippen LogP contribution in [0.5, 0.6) is 5.75 Å². The van der Waals surface area contributed by atoms with Crippen molar-refractivity contribution >= 4 is 24.0 Å². The van der Waals surface area contributed by atoms with Crippen LogP contribution in [0.4, 0.5) is 5.69 Å². The number of hydrogen-bond acceptors (Lipinski definition) is 4. The van der Waals surface area contributed by atoms with Crippen molar-refractivity contribution in [1.29, 1.82) is 0 Å². The number of carbonyl (C=O) groups is 1. The minimum Gasteiger partial charge on any atom is -0.497 e. The van der Waals surface area contributed by atoms with Gasteiger partial charge in [-0.3, -0.25) is 9.69 Å². The highest BCUT2D eigenvalue weighted by molar-refractivity contribution is 5.85. The molecule has 0 saturated carbocycles. The number of amides is 1. The van der Waals surface area contributed by atoms with Crippen molar-refractivity contribution in [2.45, 2.75) is 12.8 Å². The van der Waals surface area contributed by atoms with E-state index in [1.807, 2.05) is 12.1 Å². The lowest BCUT2D eigenvalue weighted by atomic mass is 10.2. The number of anilines is 1. The number of ether oxygens (including phenoxy) is 1. The van der Waals surface area contributed by atoms with Crippen LogP contribution in [0.3, 0.4) is 0 Å². The Kier molecular flexibility index (Phi) is 7.32. The molecule has 2 rings (SSSR count). The standard InChI is InChI=1S/C15H23N3O2.ClH/c1-20-14-5-2-4-13(12-14)18-10-8-17(9-11-18)7-3-6-15(16)19;/h2,4-5,12H,3,6-11H2,1H3,(H2,16,19);1H. The van der Waals surface area contributed by atoms with Gasteiger partial charge in [0.25, 0.3) is 0 Å². The zero-order chi connectivity index (χ0) is 14.4. The molecular formula is C15H24ClN3O2. The molecule has 1 aliphatic rings. The van der Waals surface area contributed by atoms with E-state index in [2.05, 4.69) is 21.9 Å². The topological polar surface area (TPSA) is 58.8 Å². The Morgan fingerprint density at radius 3 is 2.62 bits per heavy atom. The molecule has 1 aromatic rings. The quantitative estimate of drug-likeness (QED) is 0.865. The van der Waals surface area contributed by atoms with Gasteiger partial charge < -0.3 is 15.4 Å². The first-order valence-electron chi connectivity index (χ1n) is 7.08. The lowest BCUT2D eigenvalue weighted by Crippen LogP contribution is -2.46. The predicted octanol–water partition coefficient (Wildman–Crippen LogP) is 1.50. The second kappa shape index (κ2) is 8.74. The molecule has 1 aliphatic heterocycles. The minimum absolute atomic E-state index is 0. The van der Waals surface area contributed by atoms with Crippen LogP contribution in [0, 0.1) is 0 Å². The van der Waals surface area contributed by atoms with Crippen LogP contribution in [0.1, 0.15) is 12.8 Å². The number of piperazine rings is 1. The molecule has 2 N–H and O–H groups in total. The number of nitrogens with two attached hydrogens (primary N) is 1. The summed E-state index contributed by atoms with van der Waals surface area (Å²) in [6.45, 7) is 5.01. The number of methoxy groups -OCH3 is 1. The van der Waals surface area contributed by atoms with Crippen LogP contribution in [0.25, 0.3) is 0 Å². The Morgan fingerprint density at radius 2 is 2.00 bits per heavy atom.